The molecule has 1 aromatic rings. The van der Waals surface area contributed by atoms with Gasteiger partial charge in [0.25, 0.3) is 5.91 Å². The molecule has 5 nitrogen and oxygen atoms in total. The molecule has 0 heterocycles. The number of aliphatic hydroxyl groups is 1. The fraction of sp³-hybridized carbons (Fsp3) is 0.462. The van der Waals surface area contributed by atoms with Crippen LogP contribution in [0.2, 0.25) is 0 Å². The molecule has 0 spiro atoms. The normalized spacial score (nSPS) is 12.8. The van der Waals surface area contributed by atoms with Crippen molar-refractivity contribution in [3.05, 3.63) is 23.8 Å². The summed E-state index contributed by atoms with van der Waals surface area (Å²) in [4.78, 5) is 11.8. The van der Waals surface area contributed by atoms with Crippen LogP contribution in [0.4, 0.5) is 18.9 Å². The molecule has 1 rings (SSSR count). The molecule has 1 atom stereocenters. The van der Waals surface area contributed by atoms with Gasteiger partial charge >= 0.3 is 6.36 Å². The fourth-order valence-electron chi connectivity index (χ4n) is 1.57. The minimum Gasteiger partial charge on any atom is -0.404 e. The standard InChI is InChI=1S/C13H17F3N2O3/c1-2-9(19)5-6-18-12(20)8-3-4-11(10(17)7-8)21-13(14,15)16/h3-4,7,9,19H,2,5-6,17H2,1H3,(H,18,20). The summed E-state index contributed by atoms with van der Waals surface area (Å²) in [6.07, 6.45) is -4.37. The number of alkyl halides is 3. The molecular weight excluding hydrogens is 289 g/mol. The highest BCUT2D eigenvalue weighted by atomic mass is 19.4. The SMILES string of the molecule is CCC(O)CCNC(=O)c1ccc(OC(F)(F)F)c(N)c1. The van der Waals surface area contributed by atoms with E-state index in [1.807, 2.05) is 6.92 Å². The van der Waals surface area contributed by atoms with Gasteiger partial charge < -0.3 is 20.9 Å². The highest BCUT2D eigenvalue weighted by Crippen LogP contribution is 2.28. The Hall–Kier alpha value is -1.96. The summed E-state index contributed by atoms with van der Waals surface area (Å²) >= 11 is 0. The number of carbonyl (C=O) groups is 1. The second-order valence-corrected chi connectivity index (χ2v) is 4.41. The van der Waals surface area contributed by atoms with E-state index in [2.05, 4.69) is 10.1 Å². The smallest absolute Gasteiger partial charge is 0.404 e. The van der Waals surface area contributed by atoms with Gasteiger partial charge in [-0.3, -0.25) is 4.79 Å². The number of anilines is 1. The van der Waals surface area contributed by atoms with Gasteiger partial charge in [-0.2, -0.15) is 0 Å². The lowest BCUT2D eigenvalue weighted by Crippen LogP contribution is -2.27. The summed E-state index contributed by atoms with van der Waals surface area (Å²) in [6.45, 7) is 2.07. The van der Waals surface area contributed by atoms with Crippen LogP contribution in [-0.4, -0.2) is 30.0 Å². The molecule has 1 aromatic carbocycles. The second kappa shape index (κ2) is 7.16. The lowest BCUT2D eigenvalue weighted by atomic mass is 10.1. The van der Waals surface area contributed by atoms with Crippen molar-refractivity contribution in [3.63, 3.8) is 0 Å². The fourth-order valence-corrected chi connectivity index (χ4v) is 1.57. The van der Waals surface area contributed by atoms with Crippen LogP contribution in [0.3, 0.4) is 0 Å². The molecule has 0 saturated heterocycles. The molecular formula is C13H17F3N2O3. The van der Waals surface area contributed by atoms with Gasteiger partial charge in [-0.05, 0) is 31.0 Å². The third-order valence-electron chi connectivity index (χ3n) is 2.73. The lowest BCUT2D eigenvalue weighted by Gasteiger charge is -2.12. The van der Waals surface area contributed by atoms with E-state index >= 15 is 0 Å². The molecule has 0 bridgehead atoms. The summed E-state index contributed by atoms with van der Waals surface area (Å²) in [5, 5.41) is 11.9. The number of carbonyl (C=O) groups excluding carboxylic acids is 1. The average molecular weight is 306 g/mol. The Bertz CT molecular complexity index is 492. The van der Waals surface area contributed by atoms with Gasteiger partial charge in [0.15, 0.2) is 5.75 Å². The minimum atomic E-state index is -4.84. The summed E-state index contributed by atoms with van der Waals surface area (Å²) < 4.78 is 39.9. The molecule has 118 valence electrons. The van der Waals surface area contributed by atoms with Crippen molar-refractivity contribution in [2.75, 3.05) is 12.3 Å². The maximum Gasteiger partial charge on any atom is 0.573 e. The van der Waals surface area contributed by atoms with Crippen LogP contribution in [0.5, 0.6) is 5.75 Å². The Labute approximate surface area is 119 Å². The number of nitrogens with two attached hydrogens (primary N) is 1. The van der Waals surface area contributed by atoms with E-state index in [9.17, 15) is 23.1 Å². The maximum absolute atomic E-state index is 12.1. The number of halogens is 3. The number of ether oxygens (including phenoxy) is 1. The van der Waals surface area contributed by atoms with Gasteiger partial charge in [0.1, 0.15) is 0 Å². The molecule has 0 aromatic heterocycles. The van der Waals surface area contributed by atoms with E-state index in [1.54, 1.807) is 0 Å². The first-order valence-corrected chi connectivity index (χ1v) is 6.34. The summed E-state index contributed by atoms with van der Waals surface area (Å²) in [7, 11) is 0. The van der Waals surface area contributed by atoms with E-state index in [0.29, 0.717) is 12.8 Å². The topological polar surface area (TPSA) is 84.6 Å². The zero-order chi connectivity index (χ0) is 16.0. The number of benzene rings is 1. The molecule has 0 aliphatic rings. The van der Waals surface area contributed by atoms with Crippen LogP contribution in [0.15, 0.2) is 18.2 Å². The first kappa shape index (κ1) is 17.1. The molecule has 0 saturated carbocycles. The zero-order valence-electron chi connectivity index (χ0n) is 11.4. The van der Waals surface area contributed by atoms with E-state index in [0.717, 1.165) is 12.1 Å². The highest BCUT2D eigenvalue weighted by molar-refractivity contribution is 5.95. The predicted octanol–water partition coefficient (Wildman–Crippen LogP) is 2.06. The van der Waals surface area contributed by atoms with Crippen LogP contribution in [0.25, 0.3) is 0 Å². The van der Waals surface area contributed by atoms with Gasteiger partial charge in [0.2, 0.25) is 0 Å². The van der Waals surface area contributed by atoms with Gasteiger partial charge in [-0.1, -0.05) is 6.92 Å². The number of aliphatic hydroxyl groups excluding tert-OH is 1. The first-order chi connectivity index (χ1) is 9.73. The summed E-state index contributed by atoms with van der Waals surface area (Å²) in [5.41, 5.74) is 5.25. The van der Waals surface area contributed by atoms with Crippen LogP contribution < -0.4 is 15.8 Å². The molecule has 0 aliphatic heterocycles. The molecule has 0 radical (unpaired) electrons. The van der Waals surface area contributed by atoms with Gasteiger partial charge in [0, 0.05) is 12.1 Å². The average Bonchev–Trinajstić information content (AvgIpc) is 2.39. The Morgan fingerprint density at radius 2 is 2.14 bits per heavy atom. The van der Waals surface area contributed by atoms with Crippen LogP contribution in [0.1, 0.15) is 30.1 Å². The van der Waals surface area contributed by atoms with Gasteiger partial charge in [-0.25, -0.2) is 0 Å². The number of amides is 1. The second-order valence-electron chi connectivity index (χ2n) is 4.41. The predicted molar refractivity (Wildman–Crippen MR) is 70.8 cm³/mol. The van der Waals surface area contributed by atoms with Crippen molar-refractivity contribution in [1.82, 2.24) is 5.32 Å². The number of nitrogen functional groups attached to an aromatic ring is 1. The maximum atomic E-state index is 12.1. The number of hydrogen-bond donors (Lipinski definition) is 3. The molecule has 1 unspecified atom stereocenters. The molecule has 0 aliphatic carbocycles. The molecule has 4 N–H and O–H groups in total. The molecule has 1 amide bonds. The minimum absolute atomic E-state index is 0.119. The quantitative estimate of drug-likeness (QED) is 0.702. The summed E-state index contributed by atoms with van der Waals surface area (Å²) in [5.74, 6) is -1.04. The van der Waals surface area contributed by atoms with E-state index in [1.165, 1.54) is 6.07 Å². The van der Waals surface area contributed by atoms with Crippen molar-refractivity contribution in [3.8, 4) is 5.75 Å². The largest absolute Gasteiger partial charge is 0.573 e. The third kappa shape index (κ3) is 5.90. The number of hydrogen-bond acceptors (Lipinski definition) is 4. The van der Waals surface area contributed by atoms with E-state index < -0.39 is 24.1 Å². The van der Waals surface area contributed by atoms with Crippen molar-refractivity contribution in [1.29, 1.82) is 0 Å². The zero-order valence-corrected chi connectivity index (χ0v) is 11.4. The van der Waals surface area contributed by atoms with Crippen LogP contribution >= 0.6 is 0 Å². The Balaban J connectivity index is 2.64. The highest BCUT2D eigenvalue weighted by Gasteiger charge is 2.32. The molecule has 0 fully saturated rings. The summed E-state index contributed by atoms with van der Waals surface area (Å²) in [6, 6.07) is 3.27. The first-order valence-electron chi connectivity index (χ1n) is 6.34. The van der Waals surface area contributed by atoms with E-state index in [4.69, 9.17) is 5.73 Å². The lowest BCUT2D eigenvalue weighted by molar-refractivity contribution is -0.274. The molecule has 8 heteroatoms. The van der Waals surface area contributed by atoms with Crippen molar-refractivity contribution in [2.24, 2.45) is 0 Å². The van der Waals surface area contributed by atoms with E-state index in [-0.39, 0.29) is 17.8 Å². The Kier molecular flexibility index (Phi) is 5.83. The number of nitrogens with one attached hydrogen (secondary N) is 1. The van der Waals surface area contributed by atoms with Crippen LogP contribution in [-0.2, 0) is 0 Å². The van der Waals surface area contributed by atoms with Crippen molar-refractivity contribution >= 4 is 11.6 Å². The van der Waals surface area contributed by atoms with Crippen molar-refractivity contribution in [2.45, 2.75) is 32.2 Å². The number of rotatable bonds is 6. The van der Waals surface area contributed by atoms with Gasteiger partial charge in [0.05, 0.1) is 11.8 Å². The third-order valence-corrected chi connectivity index (χ3v) is 2.73. The molecule has 21 heavy (non-hydrogen) atoms. The van der Waals surface area contributed by atoms with Gasteiger partial charge in [-0.15, -0.1) is 13.2 Å². The Morgan fingerprint density at radius 1 is 1.48 bits per heavy atom. The van der Waals surface area contributed by atoms with Crippen molar-refractivity contribution < 1.29 is 27.8 Å². The van der Waals surface area contributed by atoms with Crippen LogP contribution in [0, 0.1) is 0 Å². The monoisotopic (exact) mass is 306 g/mol. The Morgan fingerprint density at radius 3 is 2.67 bits per heavy atom.